The van der Waals surface area contributed by atoms with Crippen LogP contribution in [0, 0.1) is 0 Å². The fourth-order valence-corrected chi connectivity index (χ4v) is 3.35. The van der Waals surface area contributed by atoms with Gasteiger partial charge in [-0.2, -0.15) is 0 Å². The summed E-state index contributed by atoms with van der Waals surface area (Å²) in [5.74, 6) is 1.45. The standard InChI is InChI=1S/C17H20N4O3/c1-2-20-11-18-19-16(20)15-9-21(7-8-23-15)17(22)13-10-24-14-6-4-3-5-12(13)14/h3-6,11,13,15H,2,7-10H2,1H3/t13-,15-/m0/s1. The van der Waals surface area contributed by atoms with Crippen molar-refractivity contribution in [1.29, 1.82) is 0 Å². The van der Waals surface area contributed by atoms with Crippen molar-refractivity contribution in [3.63, 3.8) is 0 Å². The number of hydrogen-bond acceptors (Lipinski definition) is 5. The molecule has 0 aliphatic carbocycles. The number of carbonyl (C=O) groups is 1. The lowest BCUT2D eigenvalue weighted by Crippen LogP contribution is -2.45. The minimum absolute atomic E-state index is 0.0933. The maximum absolute atomic E-state index is 13.0. The van der Waals surface area contributed by atoms with Crippen molar-refractivity contribution in [2.75, 3.05) is 26.3 Å². The first kappa shape index (κ1) is 15.1. The minimum atomic E-state index is -0.234. The second kappa shape index (κ2) is 6.24. The lowest BCUT2D eigenvalue weighted by Gasteiger charge is -2.33. The molecule has 1 amide bonds. The number of aryl methyl sites for hydroxylation is 1. The highest BCUT2D eigenvalue weighted by molar-refractivity contribution is 5.85. The van der Waals surface area contributed by atoms with Gasteiger partial charge in [0.2, 0.25) is 5.91 Å². The van der Waals surface area contributed by atoms with E-state index >= 15 is 0 Å². The van der Waals surface area contributed by atoms with Crippen molar-refractivity contribution in [1.82, 2.24) is 19.7 Å². The van der Waals surface area contributed by atoms with Gasteiger partial charge in [0, 0.05) is 18.7 Å². The van der Waals surface area contributed by atoms with E-state index in [2.05, 4.69) is 10.2 Å². The summed E-state index contributed by atoms with van der Waals surface area (Å²) in [7, 11) is 0. The van der Waals surface area contributed by atoms with Gasteiger partial charge in [0.1, 0.15) is 30.7 Å². The number of ether oxygens (including phenoxy) is 2. The Bertz CT molecular complexity index is 745. The van der Waals surface area contributed by atoms with Crippen LogP contribution in [0.5, 0.6) is 5.75 Å². The van der Waals surface area contributed by atoms with Gasteiger partial charge in [-0.1, -0.05) is 18.2 Å². The Hall–Kier alpha value is -2.41. The number of hydrogen-bond donors (Lipinski definition) is 0. The van der Waals surface area contributed by atoms with Crippen LogP contribution < -0.4 is 4.74 Å². The van der Waals surface area contributed by atoms with Gasteiger partial charge in [-0.05, 0) is 13.0 Å². The molecule has 0 radical (unpaired) electrons. The minimum Gasteiger partial charge on any atom is -0.492 e. The summed E-state index contributed by atoms with van der Waals surface area (Å²) in [6.07, 6.45) is 1.46. The van der Waals surface area contributed by atoms with Gasteiger partial charge >= 0.3 is 0 Å². The fraction of sp³-hybridized carbons (Fsp3) is 0.471. The third kappa shape index (κ3) is 2.54. The van der Waals surface area contributed by atoms with Crippen LogP contribution in [0.1, 0.15) is 30.3 Å². The Morgan fingerprint density at radius 1 is 1.38 bits per heavy atom. The highest BCUT2D eigenvalue weighted by atomic mass is 16.5. The van der Waals surface area contributed by atoms with Gasteiger partial charge in [0.05, 0.1) is 13.2 Å². The maximum atomic E-state index is 13.0. The zero-order valence-electron chi connectivity index (χ0n) is 13.6. The summed E-state index contributed by atoms with van der Waals surface area (Å²) in [6.45, 7) is 4.81. The average molecular weight is 328 g/mol. The van der Waals surface area contributed by atoms with Crippen molar-refractivity contribution < 1.29 is 14.3 Å². The van der Waals surface area contributed by atoms with E-state index in [4.69, 9.17) is 9.47 Å². The normalized spacial score (nSPS) is 23.0. The zero-order chi connectivity index (χ0) is 16.5. The monoisotopic (exact) mass is 328 g/mol. The lowest BCUT2D eigenvalue weighted by molar-refractivity contribution is -0.141. The zero-order valence-corrected chi connectivity index (χ0v) is 13.6. The third-order valence-corrected chi connectivity index (χ3v) is 4.65. The number of nitrogens with zero attached hydrogens (tertiary/aromatic N) is 4. The number of para-hydroxylation sites is 1. The SMILES string of the molecule is CCn1cnnc1[C@@H]1CN(C(=O)[C@H]2COc3ccccc32)CCO1. The molecule has 0 bridgehead atoms. The molecule has 0 spiro atoms. The average Bonchev–Trinajstić information content (AvgIpc) is 3.28. The molecule has 7 nitrogen and oxygen atoms in total. The van der Waals surface area contributed by atoms with Crippen LogP contribution in [0.4, 0.5) is 0 Å². The van der Waals surface area contributed by atoms with Gasteiger partial charge < -0.3 is 18.9 Å². The van der Waals surface area contributed by atoms with Crippen LogP contribution in [0.3, 0.4) is 0 Å². The van der Waals surface area contributed by atoms with E-state index < -0.39 is 0 Å². The molecule has 0 N–H and O–H groups in total. The van der Waals surface area contributed by atoms with Crippen LogP contribution in [0.15, 0.2) is 30.6 Å². The van der Waals surface area contributed by atoms with Gasteiger partial charge in [0.25, 0.3) is 0 Å². The Balaban J connectivity index is 1.51. The maximum Gasteiger partial charge on any atom is 0.233 e. The molecule has 1 saturated heterocycles. The van der Waals surface area contributed by atoms with Crippen molar-refractivity contribution in [2.45, 2.75) is 25.5 Å². The quantitative estimate of drug-likeness (QED) is 0.851. The van der Waals surface area contributed by atoms with Crippen molar-refractivity contribution in [3.8, 4) is 5.75 Å². The fourth-order valence-electron chi connectivity index (χ4n) is 3.35. The molecule has 2 aromatic rings. The van der Waals surface area contributed by atoms with Gasteiger partial charge in [-0.15, -0.1) is 10.2 Å². The topological polar surface area (TPSA) is 69.5 Å². The van der Waals surface area contributed by atoms with Crippen LogP contribution in [0.2, 0.25) is 0 Å². The smallest absolute Gasteiger partial charge is 0.233 e. The van der Waals surface area contributed by atoms with E-state index in [1.165, 1.54) is 0 Å². The van der Waals surface area contributed by atoms with Crippen molar-refractivity contribution in [3.05, 3.63) is 42.0 Å². The first-order chi connectivity index (χ1) is 11.8. The van der Waals surface area contributed by atoms with Crippen LogP contribution in [-0.2, 0) is 16.1 Å². The van der Waals surface area contributed by atoms with Crippen LogP contribution in [-0.4, -0.2) is 51.9 Å². The van der Waals surface area contributed by atoms with Crippen molar-refractivity contribution in [2.24, 2.45) is 0 Å². The van der Waals surface area contributed by atoms with Gasteiger partial charge in [-0.3, -0.25) is 4.79 Å². The highest BCUT2D eigenvalue weighted by Crippen LogP contribution is 2.35. The number of fused-ring (bicyclic) bond motifs is 1. The Morgan fingerprint density at radius 2 is 2.25 bits per heavy atom. The number of amides is 1. The first-order valence-electron chi connectivity index (χ1n) is 8.27. The number of benzene rings is 1. The molecule has 3 heterocycles. The van der Waals surface area contributed by atoms with Crippen molar-refractivity contribution >= 4 is 5.91 Å². The summed E-state index contributed by atoms with van der Waals surface area (Å²) in [5, 5.41) is 8.12. The molecule has 0 saturated carbocycles. The molecular formula is C17H20N4O3. The van der Waals surface area contributed by atoms with E-state index in [1.54, 1.807) is 6.33 Å². The molecule has 0 unspecified atom stereocenters. The van der Waals surface area contributed by atoms with E-state index in [1.807, 2.05) is 40.7 Å². The van der Waals surface area contributed by atoms with Crippen LogP contribution in [0.25, 0.3) is 0 Å². The Morgan fingerprint density at radius 3 is 3.12 bits per heavy atom. The predicted octanol–water partition coefficient (Wildman–Crippen LogP) is 1.37. The summed E-state index contributed by atoms with van der Waals surface area (Å²) in [4.78, 5) is 14.8. The molecular weight excluding hydrogens is 308 g/mol. The third-order valence-electron chi connectivity index (χ3n) is 4.65. The summed E-state index contributed by atoms with van der Waals surface area (Å²) >= 11 is 0. The number of carbonyl (C=O) groups excluding carboxylic acids is 1. The lowest BCUT2D eigenvalue weighted by atomic mass is 9.99. The molecule has 7 heteroatoms. The molecule has 126 valence electrons. The predicted molar refractivity (Wildman–Crippen MR) is 85.6 cm³/mol. The van der Waals surface area contributed by atoms with E-state index in [0.29, 0.717) is 26.3 Å². The second-order valence-corrected chi connectivity index (χ2v) is 6.02. The highest BCUT2D eigenvalue weighted by Gasteiger charge is 2.36. The Kier molecular flexibility index (Phi) is 3.93. The molecule has 2 atom stereocenters. The molecule has 4 rings (SSSR count). The van der Waals surface area contributed by atoms with Gasteiger partial charge in [-0.25, -0.2) is 0 Å². The molecule has 2 aliphatic heterocycles. The number of morpholine rings is 1. The number of aromatic nitrogens is 3. The van der Waals surface area contributed by atoms with E-state index in [-0.39, 0.29) is 17.9 Å². The van der Waals surface area contributed by atoms with E-state index in [9.17, 15) is 4.79 Å². The molecule has 1 fully saturated rings. The largest absolute Gasteiger partial charge is 0.492 e. The Labute approximate surface area is 140 Å². The number of rotatable bonds is 3. The molecule has 1 aromatic carbocycles. The molecule has 1 aromatic heterocycles. The van der Waals surface area contributed by atoms with E-state index in [0.717, 1.165) is 23.7 Å². The first-order valence-corrected chi connectivity index (χ1v) is 8.27. The summed E-state index contributed by atoms with van der Waals surface area (Å²) in [5.41, 5.74) is 0.974. The summed E-state index contributed by atoms with van der Waals surface area (Å²) in [6, 6.07) is 7.75. The van der Waals surface area contributed by atoms with Crippen LogP contribution >= 0.6 is 0 Å². The summed E-state index contributed by atoms with van der Waals surface area (Å²) < 4.78 is 13.4. The molecule has 24 heavy (non-hydrogen) atoms. The van der Waals surface area contributed by atoms with Gasteiger partial charge in [0.15, 0.2) is 5.82 Å². The molecule has 2 aliphatic rings. The second-order valence-electron chi connectivity index (χ2n) is 6.02.